The van der Waals surface area contributed by atoms with Crippen LogP contribution in [-0.4, -0.2) is 33.7 Å². The van der Waals surface area contributed by atoms with E-state index in [0.717, 1.165) is 17.5 Å². The number of sulfonamides is 1. The summed E-state index contributed by atoms with van der Waals surface area (Å²) in [6.07, 6.45) is 0.989. The van der Waals surface area contributed by atoms with Crippen molar-refractivity contribution in [2.45, 2.75) is 39.2 Å². The van der Waals surface area contributed by atoms with Gasteiger partial charge in [0.15, 0.2) is 6.10 Å². The zero-order chi connectivity index (χ0) is 20.9. The number of carbonyl (C=O) groups excluding carboxylic acids is 1. The van der Waals surface area contributed by atoms with E-state index < -0.39 is 16.1 Å². The van der Waals surface area contributed by atoms with Gasteiger partial charge in [-0.3, -0.25) is 9.10 Å². The van der Waals surface area contributed by atoms with Gasteiger partial charge in [0.1, 0.15) is 5.75 Å². The first-order valence-corrected chi connectivity index (χ1v) is 11.1. The molecule has 0 aliphatic rings. The number of anilines is 2. The van der Waals surface area contributed by atoms with Crippen molar-refractivity contribution in [3.63, 3.8) is 0 Å². The molecule has 1 amide bonds. The third-order valence-corrected chi connectivity index (χ3v) is 5.69. The molecule has 1 N–H and O–H groups in total. The molecule has 2 aromatic carbocycles. The molecule has 0 aliphatic heterocycles. The number of nitrogens with one attached hydrogen (secondary N) is 1. The molecule has 7 heteroatoms. The van der Waals surface area contributed by atoms with E-state index in [9.17, 15) is 13.2 Å². The molecular formula is C21H28N2O4S. The van der Waals surface area contributed by atoms with E-state index in [2.05, 4.69) is 19.2 Å². The molecule has 0 saturated heterocycles. The fourth-order valence-corrected chi connectivity index (χ4v) is 3.24. The molecule has 0 saturated carbocycles. The Morgan fingerprint density at radius 1 is 1.11 bits per heavy atom. The molecule has 0 radical (unpaired) electrons. The van der Waals surface area contributed by atoms with Crippen LogP contribution in [0.25, 0.3) is 0 Å². The van der Waals surface area contributed by atoms with E-state index in [4.69, 9.17) is 4.74 Å². The first-order chi connectivity index (χ1) is 13.1. The lowest BCUT2D eigenvalue weighted by molar-refractivity contribution is -0.122. The second-order valence-corrected chi connectivity index (χ2v) is 8.98. The van der Waals surface area contributed by atoms with Crippen LogP contribution in [0.4, 0.5) is 11.4 Å². The highest BCUT2D eigenvalue weighted by molar-refractivity contribution is 7.92. The van der Waals surface area contributed by atoms with Crippen molar-refractivity contribution >= 4 is 27.3 Å². The number of benzene rings is 2. The van der Waals surface area contributed by atoms with Gasteiger partial charge in [0.25, 0.3) is 5.91 Å². The molecule has 0 aromatic heterocycles. The number of hydrogen-bond donors (Lipinski definition) is 1. The summed E-state index contributed by atoms with van der Waals surface area (Å²) in [6.45, 7) is 6.03. The maximum absolute atomic E-state index is 12.7. The minimum absolute atomic E-state index is 0.215. The third kappa shape index (κ3) is 5.48. The van der Waals surface area contributed by atoms with Crippen LogP contribution < -0.4 is 14.4 Å². The van der Waals surface area contributed by atoms with Crippen LogP contribution in [-0.2, 0) is 14.8 Å². The van der Waals surface area contributed by atoms with E-state index in [1.165, 1.54) is 11.4 Å². The standard InChI is InChI=1S/C21H28N2O4S/c1-6-20(21(24)22-19-10-8-7-9-18(19)15(2)3)27-17-13-11-16(12-14-17)23(4)28(5,25)26/h7-15,20H,6H2,1-5H3,(H,22,24)/t20-/m0/s1. The van der Waals surface area contributed by atoms with Gasteiger partial charge in [0.2, 0.25) is 10.0 Å². The predicted molar refractivity (Wildman–Crippen MR) is 114 cm³/mol. The Kier molecular flexibility index (Phi) is 7.07. The molecule has 0 spiro atoms. The Morgan fingerprint density at radius 3 is 2.25 bits per heavy atom. The molecule has 0 fully saturated rings. The van der Waals surface area contributed by atoms with Crippen LogP contribution in [0.1, 0.15) is 38.7 Å². The lowest BCUT2D eigenvalue weighted by Gasteiger charge is -2.20. The number of amides is 1. The lowest BCUT2D eigenvalue weighted by Crippen LogP contribution is -2.32. The van der Waals surface area contributed by atoms with E-state index in [1.54, 1.807) is 24.3 Å². The van der Waals surface area contributed by atoms with Crippen LogP contribution in [0.2, 0.25) is 0 Å². The fraction of sp³-hybridized carbons (Fsp3) is 0.381. The van der Waals surface area contributed by atoms with Crippen LogP contribution >= 0.6 is 0 Å². The highest BCUT2D eigenvalue weighted by atomic mass is 32.2. The first kappa shape index (κ1) is 21.8. The third-order valence-electron chi connectivity index (χ3n) is 4.48. The Hall–Kier alpha value is -2.54. The molecule has 152 valence electrons. The largest absolute Gasteiger partial charge is 0.481 e. The van der Waals surface area contributed by atoms with E-state index >= 15 is 0 Å². The maximum atomic E-state index is 12.7. The maximum Gasteiger partial charge on any atom is 0.265 e. The fourth-order valence-electron chi connectivity index (χ4n) is 2.74. The van der Waals surface area contributed by atoms with Crippen molar-refractivity contribution in [1.82, 2.24) is 0 Å². The second-order valence-electron chi connectivity index (χ2n) is 6.97. The summed E-state index contributed by atoms with van der Waals surface area (Å²) in [6, 6.07) is 14.3. The van der Waals surface area contributed by atoms with Crippen molar-refractivity contribution in [3.8, 4) is 5.75 Å². The summed E-state index contributed by atoms with van der Waals surface area (Å²) in [5, 5.41) is 2.96. The molecule has 0 unspecified atom stereocenters. The minimum atomic E-state index is -3.33. The van der Waals surface area contributed by atoms with Crippen molar-refractivity contribution in [2.75, 3.05) is 22.9 Å². The normalized spacial score (nSPS) is 12.5. The topological polar surface area (TPSA) is 75.7 Å². The first-order valence-electron chi connectivity index (χ1n) is 9.24. The summed E-state index contributed by atoms with van der Waals surface area (Å²) in [5.74, 6) is 0.578. The predicted octanol–water partition coefficient (Wildman–Crippen LogP) is 4.00. The number of rotatable bonds is 8. The van der Waals surface area contributed by atoms with E-state index in [0.29, 0.717) is 17.9 Å². The van der Waals surface area contributed by atoms with Crippen molar-refractivity contribution in [1.29, 1.82) is 0 Å². The van der Waals surface area contributed by atoms with Crippen molar-refractivity contribution in [2.24, 2.45) is 0 Å². The van der Waals surface area contributed by atoms with Crippen LogP contribution in [0.3, 0.4) is 0 Å². The summed E-state index contributed by atoms with van der Waals surface area (Å²) >= 11 is 0. The molecule has 0 aliphatic carbocycles. The Balaban J connectivity index is 2.11. The Bertz CT molecular complexity index is 908. The number of para-hydroxylation sites is 1. The zero-order valence-electron chi connectivity index (χ0n) is 17.0. The molecule has 1 atom stereocenters. The van der Waals surface area contributed by atoms with E-state index in [-0.39, 0.29) is 11.8 Å². The van der Waals surface area contributed by atoms with Crippen molar-refractivity contribution in [3.05, 3.63) is 54.1 Å². The lowest BCUT2D eigenvalue weighted by atomic mass is 10.0. The van der Waals surface area contributed by atoms with Gasteiger partial charge in [-0.1, -0.05) is 39.0 Å². The number of carbonyl (C=O) groups is 1. The Labute approximate surface area is 167 Å². The molecule has 28 heavy (non-hydrogen) atoms. The highest BCUT2D eigenvalue weighted by Crippen LogP contribution is 2.25. The van der Waals surface area contributed by atoms with Gasteiger partial charge in [0.05, 0.1) is 11.9 Å². The van der Waals surface area contributed by atoms with Gasteiger partial charge in [0, 0.05) is 12.7 Å². The average Bonchev–Trinajstić information content (AvgIpc) is 2.65. The molecule has 6 nitrogen and oxygen atoms in total. The van der Waals surface area contributed by atoms with Gasteiger partial charge in [-0.15, -0.1) is 0 Å². The highest BCUT2D eigenvalue weighted by Gasteiger charge is 2.20. The number of ether oxygens (including phenoxy) is 1. The summed E-state index contributed by atoms with van der Waals surface area (Å²) < 4.78 is 30.3. The van der Waals surface area contributed by atoms with Crippen LogP contribution in [0.5, 0.6) is 5.75 Å². The quantitative estimate of drug-likeness (QED) is 0.721. The zero-order valence-corrected chi connectivity index (χ0v) is 17.8. The van der Waals surface area contributed by atoms with Gasteiger partial charge < -0.3 is 10.1 Å². The smallest absolute Gasteiger partial charge is 0.265 e. The molecule has 2 aromatic rings. The summed E-state index contributed by atoms with van der Waals surface area (Å²) in [5.41, 5.74) is 2.38. The average molecular weight is 405 g/mol. The number of nitrogens with zero attached hydrogens (tertiary/aromatic N) is 1. The van der Waals surface area contributed by atoms with Gasteiger partial charge in [-0.2, -0.15) is 0 Å². The monoisotopic (exact) mass is 404 g/mol. The van der Waals surface area contributed by atoms with E-state index in [1.807, 2.05) is 31.2 Å². The van der Waals surface area contributed by atoms with Crippen LogP contribution in [0.15, 0.2) is 48.5 Å². The van der Waals surface area contributed by atoms with Gasteiger partial charge >= 0.3 is 0 Å². The molecule has 0 bridgehead atoms. The second kappa shape index (κ2) is 9.10. The molecular weight excluding hydrogens is 376 g/mol. The summed E-state index contributed by atoms with van der Waals surface area (Å²) in [7, 11) is -1.84. The summed E-state index contributed by atoms with van der Waals surface area (Å²) in [4.78, 5) is 12.7. The Morgan fingerprint density at radius 2 is 1.71 bits per heavy atom. The SMILES string of the molecule is CC[C@H](Oc1ccc(N(C)S(C)(=O)=O)cc1)C(=O)Nc1ccccc1C(C)C. The van der Waals surface area contributed by atoms with Crippen LogP contribution in [0, 0.1) is 0 Å². The molecule has 2 rings (SSSR count). The van der Waals surface area contributed by atoms with Crippen molar-refractivity contribution < 1.29 is 17.9 Å². The minimum Gasteiger partial charge on any atom is -0.481 e. The van der Waals surface area contributed by atoms with Gasteiger partial charge in [-0.05, 0) is 48.2 Å². The number of hydrogen-bond acceptors (Lipinski definition) is 4. The molecule has 0 heterocycles. The van der Waals surface area contributed by atoms with Gasteiger partial charge in [-0.25, -0.2) is 8.42 Å².